The second-order valence-corrected chi connectivity index (χ2v) is 8.37. The molecule has 8 heteroatoms. The van der Waals surface area contributed by atoms with Gasteiger partial charge in [-0.15, -0.1) is 24.0 Å². The highest BCUT2D eigenvalue weighted by Crippen LogP contribution is 2.17. The smallest absolute Gasteiger partial charge is 0.236 e. The molecule has 0 aromatic carbocycles. The third-order valence-electron chi connectivity index (χ3n) is 5.63. The minimum Gasteiger partial charge on any atom is -0.356 e. The summed E-state index contributed by atoms with van der Waals surface area (Å²) in [6.07, 6.45) is 3.58. The quantitative estimate of drug-likeness (QED) is 0.370. The lowest BCUT2D eigenvalue weighted by Crippen LogP contribution is -2.54. The first kappa shape index (κ1) is 23.4. The number of thiophene rings is 1. The van der Waals surface area contributed by atoms with Crippen LogP contribution in [0.3, 0.4) is 0 Å². The highest BCUT2D eigenvalue weighted by molar-refractivity contribution is 14.0. The third-order valence-corrected chi connectivity index (χ3v) is 6.33. The molecule has 3 rings (SSSR count). The third kappa shape index (κ3) is 6.59. The van der Waals surface area contributed by atoms with Gasteiger partial charge in [-0.1, -0.05) is 6.92 Å². The van der Waals surface area contributed by atoms with Crippen molar-refractivity contribution in [1.29, 1.82) is 0 Å². The molecule has 1 N–H and O–H groups in total. The van der Waals surface area contributed by atoms with E-state index in [1.165, 1.54) is 12.0 Å². The molecule has 1 amide bonds. The molecule has 1 aromatic heterocycles. The van der Waals surface area contributed by atoms with Crippen molar-refractivity contribution in [3.63, 3.8) is 0 Å². The Morgan fingerprint density at radius 2 is 1.86 bits per heavy atom. The number of likely N-dealkylation sites (tertiary alicyclic amines) is 1. The number of aliphatic imine (C=N–C) groups is 1. The molecule has 6 nitrogen and oxygen atoms in total. The number of piperidine rings is 1. The number of halogens is 1. The molecule has 1 aromatic rings. The van der Waals surface area contributed by atoms with Crippen LogP contribution in [0.25, 0.3) is 0 Å². The lowest BCUT2D eigenvalue weighted by Gasteiger charge is -2.37. The van der Waals surface area contributed by atoms with Gasteiger partial charge in [0.15, 0.2) is 5.96 Å². The van der Waals surface area contributed by atoms with E-state index in [0.717, 1.165) is 64.6 Å². The van der Waals surface area contributed by atoms with Crippen molar-refractivity contribution in [2.24, 2.45) is 4.99 Å². The number of hydrogen-bond donors (Lipinski definition) is 1. The Bertz CT molecular complexity index is 610. The van der Waals surface area contributed by atoms with Crippen molar-refractivity contribution in [1.82, 2.24) is 20.0 Å². The lowest BCUT2D eigenvalue weighted by molar-refractivity contribution is -0.133. The molecule has 0 spiro atoms. The van der Waals surface area contributed by atoms with E-state index in [4.69, 9.17) is 0 Å². The van der Waals surface area contributed by atoms with Crippen LogP contribution in [-0.2, 0) is 4.79 Å². The van der Waals surface area contributed by atoms with E-state index in [0.29, 0.717) is 18.4 Å². The van der Waals surface area contributed by atoms with Gasteiger partial charge in [0, 0.05) is 52.9 Å². The summed E-state index contributed by atoms with van der Waals surface area (Å²) in [5.74, 6) is 1.74. The first-order valence-corrected chi connectivity index (χ1v) is 11.1. The molecule has 0 radical (unpaired) electrons. The average molecular weight is 519 g/mol. The first-order valence-electron chi connectivity index (χ1n) is 10.1. The molecule has 2 fully saturated rings. The zero-order valence-electron chi connectivity index (χ0n) is 17.1. The molecule has 28 heavy (non-hydrogen) atoms. The van der Waals surface area contributed by atoms with E-state index >= 15 is 0 Å². The number of carbonyl (C=O) groups is 1. The molecular weight excluding hydrogens is 485 g/mol. The lowest BCUT2D eigenvalue weighted by atomic mass is 10.1. The van der Waals surface area contributed by atoms with Crippen LogP contribution in [-0.4, -0.2) is 86.0 Å². The number of amides is 1. The Hall–Kier alpha value is -0.870. The minimum atomic E-state index is 0. The molecule has 158 valence electrons. The molecule has 1 atom stereocenters. The monoisotopic (exact) mass is 519 g/mol. The van der Waals surface area contributed by atoms with Crippen LogP contribution in [0.15, 0.2) is 21.8 Å². The van der Waals surface area contributed by atoms with E-state index in [1.807, 2.05) is 11.9 Å². The van der Waals surface area contributed by atoms with Crippen molar-refractivity contribution >= 4 is 47.2 Å². The van der Waals surface area contributed by atoms with Crippen LogP contribution in [0.4, 0.5) is 0 Å². The second-order valence-electron chi connectivity index (χ2n) is 7.59. The van der Waals surface area contributed by atoms with Gasteiger partial charge in [-0.3, -0.25) is 14.7 Å². The van der Waals surface area contributed by atoms with Crippen LogP contribution < -0.4 is 5.32 Å². The SMILES string of the molecule is CN=C(NCC(C)c1ccsc1)N1CCN(CC(=O)N2CCCCC2)CC1.I. The number of piperazine rings is 1. The largest absolute Gasteiger partial charge is 0.356 e. The number of nitrogens with one attached hydrogen (secondary N) is 1. The maximum absolute atomic E-state index is 12.5. The Morgan fingerprint density at radius 1 is 1.14 bits per heavy atom. The zero-order valence-corrected chi connectivity index (χ0v) is 20.2. The fourth-order valence-electron chi connectivity index (χ4n) is 3.80. The summed E-state index contributed by atoms with van der Waals surface area (Å²) < 4.78 is 0. The van der Waals surface area contributed by atoms with Gasteiger partial charge < -0.3 is 15.1 Å². The second kappa shape index (κ2) is 12.0. The van der Waals surface area contributed by atoms with E-state index in [2.05, 4.69) is 43.9 Å². The van der Waals surface area contributed by atoms with E-state index in [1.54, 1.807) is 11.3 Å². The minimum absolute atomic E-state index is 0. The normalized spacial score (nSPS) is 19.9. The summed E-state index contributed by atoms with van der Waals surface area (Å²) in [4.78, 5) is 23.6. The van der Waals surface area contributed by atoms with E-state index in [9.17, 15) is 4.79 Å². The summed E-state index contributed by atoms with van der Waals surface area (Å²) in [7, 11) is 1.85. The zero-order chi connectivity index (χ0) is 19.1. The van der Waals surface area contributed by atoms with E-state index < -0.39 is 0 Å². The fourth-order valence-corrected chi connectivity index (χ4v) is 4.58. The summed E-state index contributed by atoms with van der Waals surface area (Å²) in [6.45, 7) is 9.24. The molecule has 0 saturated carbocycles. The number of hydrogen-bond acceptors (Lipinski definition) is 4. The molecule has 2 saturated heterocycles. The van der Waals surface area contributed by atoms with Gasteiger partial charge in [0.25, 0.3) is 0 Å². The molecule has 2 aliphatic heterocycles. The topological polar surface area (TPSA) is 51.2 Å². The van der Waals surface area contributed by atoms with Crippen LogP contribution in [0, 0.1) is 0 Å². The average Bonchev–Trinajstić information content (AvgIpc) is 3.25. The van der Waals surface area contributed by atoms with Crippen molar-refractivity contribution in [3.05, 3.63) is 22.4 Å². The Kier molecular flexibility index (Phi) is 10.0. The van der Waals surface area contributed by atoms with Crippen LogP contribution in [0.1, 0.15) is 37.7 Å². The molecule has 2 aliphatic rings. The Balaban J connectivity index is 0.00000280. The molecule has 1 unspecified atom stereocenters. The summed E-state index contributed by atoms with van der Waals surface area (Å²) >= 11 is 1.75. The number of nitrogens with zero attached hydrogens (tertiary/aromatic N) is 4. The summed E-state index contributed by atoms with van der Waals surface area (Å²) in [5, 5.41) is 7.87. The standard InChI is InChI=1S/C20H33N5OS.HI/c1-17(18-6-13-27-16-18)14-22-20(21-2)25-11-9-23(10-12-25)15-19(26)24-7-4-3-5-8-24;/h6,13,16-17H,3-5,7-12,14-15H2,1-2H3,(H,21,22);1H. The van der Waals surface area contributed by atoms with Gasteiger partial charge in [-0.05, 0) is 47.6 Å². The van der Waals surface area contributed by atoms with Gasteiger partial charge in [0.1, 0.15) is 0 Å². The Morgan fingerprint density at radius 3 is 2.46 bits per heavy atom. The van der Waals surface area contributed by atoms with Gasteiger partial charge in [-0.2, -0.15) is 11.3 Å². The maximum atomic E-state index is 12.5. The van der Waals surface area contributed by atoms with Crippen molar-refractivity contribution in [2.45, 2.75) is 32.1 Å². The summed E-state index contributed by atoms with van der Waals surface area (Å²) in [6, 6.07) is 2.19. The molecule has 0 aliphatic carbocycles. The van der Waals surface area contributed by atoms with Crippen molar-refractivity contribution in [3.8, 4) is 0 Å². The highest BCUT2D eigenvalue weighted by atomic mass is 127. The first-order chi connectivity index (χ1) is 13.2. The van der Waals surface area contributed by atoms with Gasteiger partial charge in [0.2, 0.25) is 5.91 Å². The predicted octanol–water partition coefficient (Wildman–Crippen LogP) is 2.68. The van der Waals surface area contributed by atoms with Crippen molar-refractivity contribution in [2.75, 3.05) is 59.4 Å². The molecule has 0 bridgehead atoms. The summed E-state index contributed by atoms with van der Waals surface area (Å²) in [5.41, 5.74) is 1.38. The van der Waals surface area contributed by atoms with Crippen LogP contribution in [0.5, 0.6) is 0 Å². The van der Waals surface area contributed by atoms with Gasteiger partial charge in [-0.25, -0.2) is 0 Å². The number of carbonyl (C=O) groups excluding carboxylic acids is 1. The maximum Gasteiger partial charge on any atom is 0.236 e. The van der Waals surface area contributed by atoms with Gasteiger partial charge in [0.05, 0.1) is 6.54 Å². The van der Waals surface area contributed by atoms with Crippen LogP contribution >= 0.6 is 35.3 Å². The predicted molar refractivity (Wildman–Crippen MR) is 128 cm³/mol. The number of rotatable bonds is 5. The van der Waals surface area contributed by atoms with Crippen molar-refractivity contribution < 1.29 is 4.79 Å². The molecular formula is C20H34IN5OS. The fraction of sp³-hybridized carbons (Fsp3) is 0.700. The molecule has 3 heterocycles. The Labute approximate surface area is 190 Å². The van der Waals surface area contributed by atoms with Gasteiger partial charge >= 0.3 is 0 Å². The highest BCUT2D eigenvalue weighted by Gasteiger charge is 2.24. The van der Waals surface area contributed by atoms with Crippen LogP contribution in [0.2, 0.25) is 0 Å². The number of guanidine groups is 1. The van der Waals surface area contributed by atoms with E-state index in [-0.39, 0.29) is 24.0 Å².